The number of rotatable bonds is 5. The zero-order valence-corrected chi connectivity index (χ0v) is 12.1. The largest absolute Gasteiger partial charge is 0.372 e. The monoisotopic (exact) mass is 308 g/mol. The third-order valence-electron chi connectivity index (χ3n) is 2.56. The minimum atomic E-state index is -0.608. The quantitative estimate of drug-likeness (QED) is 0.636. The maximum Gasteiger partial charge on any atom is 0.288 e. The molecule has 1 amide bonds. The molecule has 0 atom stereocenters. The van der Waals surface area contributed by atoms with Crippen LogP contribution in [0.5, 0.6) is 0 Å². The molecule has 2 N–H and O–H groups in total. The van der Waals surface area contributed by atoms with Gasteiger partial charge in [0.25, 0.3) is 11.6 Å². The van der Waals surface area contributed by atoms with Crippen molar-refractivity contribution in [3.63, 3.8) is 0 Å². The Morgan fingerprint density at radius 2 is 2.24 bits per heavy atom. The third kappa shape index (κ3) is 3.28. The number of carbonyl (C=O) groups is 1. The normalized spacial score (nSPS) is 10.2. The van der Waals surface area contributed by atoms with Gasteiger partial charge in [0.15, 0.2) is 0 Å². The van der Waals surface area contributed by atoms with Gasteiger partial charge in [-0.1, -0.05) is 18.3 Å². The molecule has 0 aliphatic heterocycles. The summed E-state index contributed by atoms with van der Waals surface area (Å²) in [6, 6.07) is 1.16. The van der Waals surface area contributed by atoms with E-state index in [0.717, 1.165) is 17.3 Å². The first-order chi connectivity index (χ1) is 10.0. The van der Waals surface area contributed by atoms with E-state index in [-0.39, 0.29) is 17.1 Å². The molecule has 21 heavy (non-hydrogen) atoms. The zero-order chi connectivity index (χ0) is 15.4. The molecule has 0 saturated carbocycles. The fourth-order valence-corrected chi connectivity index (χ4v) is 2.21. The van der Waals surface area contributed by atoms with Crippen LogP contribution in [0.4, 0.5) is 16.6 Å². The molecule has 0 spiro atoms. The second kappa shape index (κ2) is 6.22. The van der Waals surface area contributed by atoms with Crippen molar-refractivity contribution in [3.05, 3.63) is 32.9 Å². The number of hydrogen-bond donors (Lipinski definition) is 2. The van der Waals surface area contributed by atoms with Gasteiger partial charge in [0.2, 0.25) is 5.13 Å². The van der Waals surface area contributed by atoms with Gasteiger partial charge >= 0.3 is 0 Å². The fourth-order valence-electron chi connectivity index (χ4n) is 1.54. The molecule has 9 nitrogen and oxygen atoms in total. The van der Waals surface area contributed by atoms with Crippen molar-refractivity contribution in [2.45, 2.75) is 13.3 Å². The Labute approximate surface area is 123 Å². The van der Waals surface area contributed by atoms with Gasteiger partial charge in [0.1, 0.15) is 17.0 Å². The molecule has 2 aromatic rings. The first-order valence-corrected chi connectivity index (χ1v) is 6.82. The van der Waals surface area contributed by atoms with E-state index in [2.05, 4.69) is 25.8 Å². The standard InChI is InChI=1S/C11H12N6O3S/c1-3-8-15-16-11(21-8)14-10(18)7-4-6(17(19)20)5-13-9(7)12-2/h4-5H,3H2,1-2H3,(H,12,13)(H,14,16,18). The molecule has 2 rings (SSSR count). The average molecular weight is 308 g/mol. The second-order valence-electron chi connectivity index (χ2n) is 3.91. The molecule has 0 bridgehead atoms. The lowest BCUT2D eigenvalue weighted by Crippen LogP contribution is -2.15. The van der Waals surface area contributed by atoms with Crippen molar-refractivity contribution in [2.24, 2.45) is 0 Å². The smallest absolute Gasteiger partial charge is 0.288 e. The number of nitro groups is 1. The lowest BCUT2D eigenvalue weighted by molar-refractivity contribution is -0.385. The van der Waals surface area contributed by atoms with Crippen LogP contribution < -0.4 is 10.6 Å². The van der Waals surface area contributed by atoms with E-state index < -0.39 is 10.8 Å². The van der Waals surface area contributed by atoms with Crippen molar-refractivity contribution in [3.8, 4) is 0 Å². The molecule has 0 fully saturated rings. The Morgan fingerprint density at radius 3 is 2.81 bits per heavy atom. The SMILES string of the molecule is CCc1nnc(NC(=O)c2cc([N+](=O)[O-])cnc2NC)s1. The highest BCUT2D eigenvalue weighted by molar-refractivity contribution is 7.15. The predicted octanol–water partition coefficient (Wildman–Crippen LogP) is 1.70. The summed E-state index contributed by atoms with van der Waals surface area (Å²) in [5.74, 6) is -0.285. The van der Waals surface area contributed by atoms with Crippen LogP contribution in [-0.4, -0.2) is 33.1 Å². The zero-order valence-electron chi connectivity index (χ0n) is 11.3. The van der Waals surface area contributed by atoms with E-state index in [1.54, 1.807) is 7.05 Å². The maximum atomic E-state index is 12.2. The molecule has 0 unspecified atom stereocenters. The summed E-state index contributed by atoms with van der Waals surface area (Å²) < 4.78 is 0. The molecule has 0 saturated heterocycles. The maximum absolute atomic E-state index is 12.2. The molecular weight excluding hydrogens is 296 g/mol. The van der Waals surface area contributed by atoms with Crippen LogP contribution in [0.3, 0.4) is 0 Å². The van der Waals surface area contributed by atoms with Crippen LogP contribution in [0.15, 0.2) is 12.3 Å². The first-order valence-electron chi connectivity index (χ1n) is 6.01. The van der Waals surface area contributed by atoms with Crippen molar-refractivity contribution in [1.29, 1.82) is 0 Å². The third-order valence-corrected chi connectivity index (χ3v) is 3.54. The van der Waals surface area contributed by atoms with E-state index in [0.29, 0.717) is 11.6 Å². The molecule has 2 heterocycles. The predicted molar refractivity (Wildman–Crippen MR) is 77.7 cm³/mol. The van der Waals surface area contributed by atoms with Crippen LogP contribution in [0, 0.1) is 10.1 Å². The minimum absolute atomic E-state index is 0.0694. The molecule has 0 aliphatic rings. The number of nitrogens with zero attached hydrogens (tertiary/aromatic N) is 4. The van der Waals surface area contributed by atoms with Gasteiger partial charge in [0, 0.05) is 13.1 Å². The van der Waals surface area contributed by atoms with Gasteiger partial charge in [0.05, 0.1) is 10.5 Å². The van der Waals surface area contributed by atoms with Gasteiger partial charge in [-0.15, -0.1) is 10.2 Å². The number of anilines is 2. The molecule has 0 aromatic carbocycles. The average Bonchev–Trinajstić information content (AvgIpc) is 2.94. The molecule has 110 valence electrons. The van der Waals surface area contributed by atoms with Crippen LogP contribution in [0.2, 0.25) is 0 Å². The van der Waals surface area contributed by atoms with Crippen LogP contribution in [-0.2, 0) is 6.42 Å². The highest BCUT2D eigenvalue weighted by Crippen LogP contribution is 2.21. The number of aromatic nitrogens is 3. The summed E-state index contributed by atoms with van der Waals surface area (Å²) in [7, 11) is 1.57. The van der Waals surface area contributed by atoms with Gasteiger partial charge in [-0.05, 0) is 6.42 Å². The number of pyridine rings is 1. The summed E-state index contributed by atoms with van der Waals surface area (Å²) in [4.78, 5) is 26.2. The van der Waals surface area contributed by atoms with Crippen molar-refractivity contribution >= 4 is 33.9 Å². The van der Waals surface area contributed by atoms with Crippen molar-refractivity contribution < 1.29 is 9.72 Å². The van der Waals surface area contributed by atoms with Gasteiger partial charge in [-0.3, -0.25) is 20.2 Å². The lowest BCUT2D eigenvalue weighted by atomic mass is 10.2. The summed E-state index contributed by atoms with van der Waals surface area (Å²) in [5.41, 5.74) is -0.189. The van der Waals surface area contributed by atoms with Gasteiger partial charge in [-0.2, -0.15) is 0 Å². The van der Waals surface area contributed by atoms with Gasteiger partial charge < -0.3 is 5.32 Å². The van der Waals surface area contributed by atoms with E-state index in [1.807, 2.05) is 6.92 Å². The Kier molecular flexibility index (Phi) is 4.38. The van der Waals surface area contributed by atoms with E-state index in [9.17, 15) is 14.9 Å². The lowest BCUT2D eigenvalue weighted by Gasteiger charge is -2.06. The highest BCUT2D eigenvalue weighted by Gasteiger charge is 2.18. The topological polar surface area (TPSA) is 123 Å². The van der Waals surface area contributed by atoms with Crippen LogP contribution >= 0.6 is 11.3 Å². The molecule has 0 aliphatic carbocycles. The first kappa shape index (κ1) is 14.8. The number of nitrogens with one attached hydrogen (secondary N) is 2. The van der Waals surface area contributed by atoms with E-state index in [1.165, 1.54) is 11.3 Å². The molecule has 0 radical (unpaired) electrons. The van der Waals surface area contributed by atoms with Crippen LogP contribution in [0.25, 0.3) is 0 Å². The van der Waals surface area contributed by atoms with Crippen LogP contribution in [0.1, 0.15) is 22.3 Å². The molecule has 2 aromatic heterocycles. The second-order valence-corrected chi connectivity index (χ2v) is 4.97. The highest BCUT2D eigenvalue weighted by atomic mass is 32.1. The molecular formula is C11H12N6O3S. The number of amides is 1. The summed E-state index contributed by atoms with van der Waals surface area (Å²) >= 11 is 1.25. The Morgan fingerprint density at radius 1 is 1.48 bits per heavy atom. The Bertz CT molecular complexity index is 686. The fraction of sp³-hybridized carbons (Fsp3) is 0.273. The Balaban J connectivity index is 2.28. The van der Waals surface area contributed by atoms with Gasteiger partial charge in [-0.25, -0.2) is 4.98 Å². The summed E-state index contributed by atoms with van der Waals surface area (Å²) in [5, 5.41) is 24.9. The minimum Gasteiger partial charge on any atom is -0.372 e. The van der Waals surface area contributed by atoms with E-state index in [4.69, 9.17) is 0 Å². The number of hydrogen-bond acceptors (Lipinski definition) is 8. The van der Waals surface area contributed by atoms with Crippen molar-refractivity contribution in [1.82, 2.24) is 15.2 Å². The van der Waals surface area contributed by atoms with E-state index >= 15 is 0 Å². The number of carbonyl (C=O) groups excluding carboxylic acids is 1. The number of aryl methyl sites for hydroxylation is 1. The summed E-state index contributed by atoms with van der Waals surface area (Å²) in [6.45, 7) is 1.93. The van der Waals surface area contributed by atoms with Crippen molar-refractivity contribution in [2.75, 3.05) is 17.7 Å². The molecule has 10 heteroatoms. The Hall–Kier alpha value is -2.62. The summed E-state index contributed by atoms with van der Waals surface area (Å²) in [6.07, 6.45) is 1.80.